The van der Waals surface area contributed by atoms with E-state index in [1.165, 1.54) is 70.9 Å². The van der Waals surface area contributed by atoms with E-state index in [9.17, 15) is 0 Å². The van der Waals surface area contributed by atoms with Crippen LogP contribution in [0.1, 0.15) is 99.3 Å². The molecule has 2 unspecified atom stereocenters. The van der Waals surface area contributed by atoms with Crippen LogP contribution in [0.15, 0.2) is 0 Å². The number of thioether (sulfide) groups is 4. The van der Waals surface area contributed by atoms with Crippen molar-refractivity contribution in [3.8, 4) is 0 Å². The lowest BCUT2D eigenvalue weighted by Crippen LogP contribution is -2.45. The highest BCUT2D eigenvalue weighted by atomic mass is 32.2. The molecule has 2 aliphatic heterocycles. The fraction of sp³-hybridized carbons (Fsp3) is 1.00. The number of rotatable bonds is 12. The number of hydrogen-bond acceptors (Lipinski definition) is 6. The second-order valence-corrected chi connectivity index (χ2v) is 14.3. The largest absolute Gasteiger partial charge is 0.279 e. The van der Waals surface area contributed by atoms with Crippen LogP contribution in [0.2, 0.25) is 0 Å². The minimum absolute atomic E-state index is 0.737. The molecule has 6 atom stereocenters. The first-order valence-electron chi connectivity index (χ1n) is 12.2. The number of nitrogens with zero attached hydrogens (tertiary/aromatic N) is 2. The third-order valence-electron chi connectivity index (χ3n) is 6.11. The molecule has 2 fully saturated rings. The lowest BCUT2D eigenvalue weighted by molar-refractivity contribution is 0.207. The van der Waals surface area contributed by atoms with Gasteiger partial charge in [-0.1, -0.05) is 48.0 Å². The van der Waals surface area contributed by atoms with Gasteiger partial charge >= 0.3 is 0 Å². The highest BCUT2D eigenvalue weighted by molar-refractivity contribution is 8.18. The summed E-state index contributed by atoms with van der Waals surface area (Å²) >= 11 is 8.92. The van der Waals surface area contributed by atoms with Gasteiger partial charge in [-0.2, -0.15) is 0 Å². The summed E-state index contributed by atoms with van der Waals surface area (Å²) in [5.74, 6) is 0. The van der Waals surface area contributed by atoms with Crippen LogP contribution >= 0.6 is 47.0 Å². The molecule has 0 bridgehead atoms. The molecule has 2 heterocycles. The van der Waals surface area contributed by atoms with Crippen molar-refractivity contribution in [2.75, 3.05) is 13.1 Å². The molecular formula is C23H46N2S4. The third kappa shape index (κ3) is 7.70. The number of unbranched alkanes of at least 4 members (excludes halogenated alkanes) is 2. The quantitative estimate of drug-likeness (QED) is 0.259. The van der Waals surface area contributed by atoms with Gasteiger partial charge < -0.3 is 0 Å². The van der Waals surface area contributed by atoms with Crippen molar-refractivity contribution < 1.29 is 0 Å². The Morgan fingerprint density at radius 1 is 0.448 bits per heavy atom. The fourth-order valence-electron chi connectivity index (χ4n) is 4.50. The van der Waals surface area contributed by atoms with Gasteiger partial charge in [-0.05, 0) is 51.4 Å². The van der Waals surface area contributed by atoms with Crippen molar-refractivity contribution in [3.05, 3.63) is 0 Å². The van der Waals surface area contributed by atoms with Crippen LogP contribution in [-0.2, 0) is 0 Å². The first-order chi connectivity index (χ1) is 14.1. The molecule has 0 N–H and O–H groups in total. The van der Waals surface area contributed by atoms with Gasteiger partial charge in [0.05, 0.1) is 30.7 Å². The van der Waals surface area contributed by atoms with Gasteiger partial charge in [-0.25, -0.2) is 0 Å². The molecule has 0 amide bonds. The molecule has 0 spiro atoms. The van der Waals surface area contributed by atoms with Crippen molar-refractivity contribution in [1.82, 2.24) is 9.80 Å². The zero-order valence-corrected chi connectivity index (χ0v) is 23.0. The topological polar surface area (TPSA) is 6.48 Å². The van der Waals surface area contributed by atoms with Crippen LogP contribution in [0.5, 0.6) is 0 Å². The lowest BCUT2D eigenvalue weighted by atomic mass is 10.2. The third-order valence-corrected chi connectivity index (χ3v) is 13.7. The lowest BCUT2D eigenvalue weighted by Gasteiger charge is -2.44. The SMILES string of the molecule is CCC1S[C@@H](CC)N(CCCCCN2[C@H](CC)SC(CC)S[C@@H]2CC)[C@@H](CC)S1. The maximum atomic E-state index is 2.84. The molecule has 0 aliphatic carbocycles. The van der Waals surface area contributed by atoms with E-state index in [-0.39, 0.29) is 0 Å². The maximum absolute atomic E-state index is 2.84. The smallest absolute Gasteiger partial charge is 0.0575 e. The summed E-state index contributed by atoms with van der Waals surface area (Å²) in [5.41, 5.74) is 0. The molecule has 0 radical (unpaired) electrons. The average molecular weight is 479 g/mol. The van der Waals surface area contributed by atoms with Crippen LogP contribution in [0, 0.1) is 0 Å². The van der Waals surface area contributed by atoms with Crippen LogP contribution in [0.4, 0.5) is 0 Å². The van der Waals surface area contributed by atoms with E-state index in [4.69, 9.17) is 0 Å². The predicted octanol–water partition coefficient (Wildman–Crippen LogP) is 8.14. The molecule has 0 aromatic carbocycles. The highest BCUT2D eigenvalue weighted by Crippen LogP contribution is 2.45. The van der Waals surface area contributed by atoms with Crippen molar-refractivity contribution in [1.29, 1.82) is 0 Å². The van der Waals surface area contributed by atoms with E-state index in [2.05, 4.69) is 98.4 Å². The minimum atomic E-state index is 0.737. The van der Waals surface area contributed by atoms with E-state index in [0.29, 0.717) is 0 Å². The average Bonchev–Trinajstić information content (AvgIpc) is 2.77. The molecule has 2 aliphatic rings. The zero-order valence-electron chi connectivity index (χ0n) is 19.8. The maximum Gasteiger partial charge on any atom is 0.0575 e. The highest BCUT2D eigenvalue weighted by Gasteiger charge is 2.35. The molecule has 172 valence electrons. The van der Waals surface area contributed by atoms with Gasteiger partial charge in [-0.15, -0.1) is 47.0 Å². The normalized spacial score (nSPS) is 34.6. The Balaban J connectivity index is 1.78. The Labute approximate surface area is 199 Å². The molecule has 6 heteroatoms. The van der Waals surface area contributed by atoms with Gasteiger partial charge in [0.25, 0.3) is 0 Å². The second kappa shape index (κ2) is 14.5. The minimum Gasteiger partial charge on any atom is -0.279 e. The van der Waals surface area contributed by atoms with E-state index >= 15 is 0 Å². The summed E-state index contributed by atoms with van der Waals surface area (Å²) in [6.07, 6.45) is 11.9. The van der Waals surface area contributed by atoms with Crippen molar-refractivity contribution in [2.45, 2.75) is 130 Å². The predicted molar refractivity (Wildman–Crippen MR) is 142 cm³/mol. The summed E-state index contributed by atoms with van der Waals surface area (Å²) < 4.78 is 1.61. The summed E-state index contributed by atoms with van der Waals surface area (Å²) in [5, 5.41) is 2.95. The molecule has 0 saturated carbocycles. The van der Waals surface area contributed by atoms with Crippen LogP contribution in [0.25, 0.3) is 0 Å². The van der Waals surface area contributed by atoms with Crippen molar-refractivity contribution in [3.63, 3.8) is 0 Å². The van der Waals surface area contributed by atoms with Gasteiger partial charge in [0.15, 0.2) is 0 Å². The first-order valence-corrected chi connectivity index (χ1v) is 16.0. The zero-order chi connectivity index (χ0) is 21.2. The Morgan fingerprint density at radius 3 is 1.00 bits per heavy atom. The molecular weight excluding hydrogens is 433 g/mol. The van der Waals surface area contributed by atoms with E-state index < -0.39 is 0 Å². The fourth-order valence-corrected chi connectivity index (χ4v) is 11.3. The Kier molecular flexibility index (Phi) is 13.3. The molecule has 0 aromatic heterocycles. The molecule has 29 heavy (non-hydrogen) atoms. The first kappa shape index (κ1) is 26.6. The Bertz CT molecular complexity index is 373. The van der Waals surface area contributed by atoms with E-state index in [1.807, 2.05) is 0 Å². The van der Waals surface area contributed by atoms with Crippen LogP contribution in [0.3, 0.4) is 0 Å². The molecule has 0 aromatic rings. The molecule has 2 saturated heterocycles. The summed E-state index contributed by atoms with van der Waals surface area (Å²) in [7, 11) is 0. The second-order valence-electron chi connectivity index (χ2n) is 8.21. The van der Waals surface area contributed by atoms with Gasteiger partial charge in [0.2, 0.25) is 0 Å². The van der Waals surface area contributed by atoms with E-state index in [0.717, 1.165) is 30.7 Å². The monoisotopic (exact) mass is 478 g/mol. The Morgan fingerprint density at radius 2 is 0.759 bits per heavy atom. The van der Waals surface area contributed by atoms with Crippen molar-refractivity contribution >= 4 is 47.0 Å². The van der Waals surface area contributed by atoms with Gasteiger partial charge in [0.1, 0.15) is 0 Å². The van der Waals surface area contributed by atoms with Crippen molar-refractivity contribution in [2.24, 2.45) is 0 Å². The van der Waals surface area contributed by atoms with Gasteiger partial charge in [0, 0.05) is 13.1 Å². The summed E-state index contributed by atoms with van der Waals surface area (Å²) in [4.78, 5) is 5.67. The Hall–Kier alpha value is 1.32. The number of hydrogen-bond donors (Lipinski definition) is 0. The van der Waals surface area contributed by atoms with Gasteiger partial charge in [-0.3, -0.25) is 9.80 Å². The summed E-state index contributed by atoms with van der Waals surface area (Å²) in [6, 6.07) is 0. The molecule has 2 nitrogen and oxygen atoms in total. The summed E-state index contributed by atoms with van der Waals surface area (Å²) in [6.45, 7) is 16.8. The molecule has 2 rings (SSSR count). The van der Waals surface area contributed by atoms with Crippen LogP contribution in [-0.4, -0.2) is 53.5 Å². The standard InChI is InChI=1S/C23H46N2S4/c1-7-18-24(19(8-2)27-22(11-5)26-18)16-14-13-15-17-25-20(9-3)28-23(12-6)29-21(25)10-4/h18-23H,7-17H2,1-6H3/t18-,19+,20-,21+,22?,23?. The van der Waals surface area contributed by atoms with E-state index in [1.54, 1.807) is 0 Å². The van der Waals surface area contributed by atoms with Crippen LogP contribution < -0.4 is 0 Å².